The Balaban J connectivity index is 1.35. The lowest BCUT2D eigenvalue weighted by molar-refractivity contribution is -0.132. The van der Waals surface area contributed by atoms with Crippen LogP contribution in [0.2, 0.25) is 0 Å². The zero-order valence-electron chi connectivity index (χ0n) is 17.9. The first-order valence-corrected chi connectivity index (χ1v) is 10.7. The maximum absolute atomic E-state index is 13.4. The Morgan fingerprint density at radius 3 is 2.33 bits per heavy atom. The molecule has 0 aliphatic carbocycles. The molecule has 1 aliphatic rings. The summed E-state index contributed by atoms with van der Waals surface area (Å²) in [6.45, 7) is 2.55. The van der Waals surface area contributed by atoms with E-state index in [1.807, 2.05) is 41.3 Å². The van der Waals surface area contributed by atoms with Gasteiger partial charge in [0.05, 0.1) is 23.3 Å². The van der Waals surface area contributed by atoms with Gasteiger partial charge in [-0.2, -0.15) is 5.10 Å². The van der Waals surface area contributed by atoms with Gasteiger partial charge in [-0.1, -0.05) is 30.3 Å². The van der Waals surface area contributed by atoms with E-state index in [0.29, 0.717) is 43.5 Å². The van der Waals surface area contributed by atoms with E-state index in [1.165, 1.54) is 12.3 Å². The van der Waals surface area contributed by atoms with Gasteiger partial charge < -0.3 is 9.80 Å². The van der Waals surface area contributed by atoms with Gasteiger partial charge in [-0.3, -0.25) is 14.5 Å². The lowest BCUT2D eigenvalue weighted by atomic mass is 10.1. The number of hydrogen-bond donors (Lipinski definition) is 0. The molecular formula is C24H22FN7O. The van der Waals surface area contributed by atoms with Crippen LogP contribution in [0.1, 0.15) is 0 Å². The van der Waals surface area contributed by atoms with Crippen LogP contribution in [0, 0.1) is 5.82 Å². The van der Waals surface area contributed by atoms with E-state index in [9.17, 15) is 9.18 Å². The third kappa shape index (κ3) is 4.57. The highest BCUT2D eigenvalue weighted by Crippen LogP contribution is 2.25. The van der Waals surface area contributed by atoms with Crippen LogP contribution in [0.15, 0.2) is 73.2 Å². The number of carbonyl (C=O) groups is 1. The molecule has 1 saturated heterocycles. The van der Waals surface area contributed by atoms with Crippen molar-refractivity contribution in [3.8, 4) is 22.6 Å². The van der Waals surface area contributed by atoms with Crippen LogP contribution in [-0.4, -0.2) is 61.7 Å². The number of hydrogen-bond acceptors (Lipinski definition) is 6. The lowest BCUT2D eigenvalue weighted by Crippen LogP contribution is -2.50. The molecule has 1 aliphatic heterocycles. The fraction of sp³-hybridized carbons (Fsp3) is 0.208. The molecule has 166 valence electrons. The number of nitrogens with zero attached hydrogens (tertiary/aromatic N) is 7. The number of amides is 1. The summed E-state index contributed by atoms with van der Waals surface area (Å²) in [6, 6.07) is 16.3. The molecule has 1 amide bonds. The topological polar surface area (TPSA) is 80.0 Å². The van der Waals surface area contributed by atoms with Crippen molar-refractivity contribution < 1.29 is 9.18 Å². The van der Waals surface area contributed by atoms with Crippen LogP contribution in [-0.2, 0) is 11.3 Å². The Morgan fingerprint density at radius 1 is 0.879 bits per heavy atom. The Morgan fingerprint density at radius 2 is 1.64 bits per heavy atom. The largest absolute Gasteiger partial charge is 0.338 e. The third-order valence-electron chi connectivity index (χ3n) is 5.59. The van der Waals surface area contributed by atoms with Crippen LogP contribution >= 0.6 is 0 Å². The minimum Gasteiger partial charge on any atom is -0.338 e. The highest BCUT2D eigenvalue weighted by Gasteiger charge is 2.24. The van der Waals surface area contributed by atoms with E-state index >= 15 is 0 Å². The second kappa shape index (κ2) is 9.15. The van der Waals surface area contributed by atoms with Crippen molar-refractivity contribution >= 4 is 11.9 Å². The quantitative estimate of drug-likeness (QED) is 0.472. The number of aromatic nitrogens is 5. The fourth-order valence-corrected chi connectivity index (χ4v) is 3.86. The van der Waals surface area contributed by atoms with Gasteiger partial charge in [0.15, 0.2) is 0 Å². The molecule has 33 heavy (non-hydrogen) atoms. The Labute approximate surface area is 190 Å². The van der Waals surface area contributed by atoms with Crippen LogP contribution in [0.3, 0.4) is 0 Å². The van der Waals surface area contributed by atoms with Crippen LogP contribution in [0.25, 0.3) is 22.6 Å². The molecule has 0 unspecified atom stereocenters. The fourth-order valence-electron chi connectivity index (χ4n) is 3.86. The van der Waals surface area contributed by atoms with E-state index in [-0.39, 0.29) is 12.5 Å². The van der Waals surface area contributed by atoms with Crippen molar-refractivity contribution in [3.05, 3.63) is 79.0 Å². The second-order valence-corrected chi connectivity index (χ2v) is 7.72. The molecule has 0 bridgehead atoms. The molecule has 5 rings (SSSR count). The standard InChI is InChI=1S/C24H22FN7O/c25-19-7-8-20(28-16-19)22-15-21(18-5-2-1-3-6-18)29-32(22)17-23(33)30-11-13-31(14-12-30)24-26-9-4-10-27-24/h1-10,15-16H,11-14,17H2. The molecule has 1 fully saturated rings. The van der Waals surface area contributed by atoms with Crippen molar-refractivity contribution in [2.45, 2.75) is 6.54 Å². The molecule has 8 nitrogen and oxygen atoms in total. The highest BCUT2D eigenvalue weighted by atomic mass is 19.1. The Hall–Kier alpha value is -4.14. The molecule has 0 atom stereocenters. The summed E-state index contributed by atoms with van der Waals surface area (Å²) in [4.78, 5) is 29.8. The number of rotatable bonds is 5. The molecule has 0 saturated carbocycles. The van der Waals surface area contributed by atoms with Gasteiger partial charge in [0.2, 0.25) is 11.9 Å². The molecular weight excluding hydrogens is 421 g/mol. The SMILES string of the molecule is O=C(Cn1nc(-c2ccccc2)cc1-c1ccc(F)cn1)N1CCN(c2ncccn2)CC1. The first-order chi connectivity index (χ1) is 16.2. The van der Waals surface area contributed by atoms with Gasteiger partial charge in [-0.25, -0.2) is 14.4 Å². The smallest absolute Gasteiger partial charge is 0.244 e. The number of pyridine rings is 1. The first kappa shape index (κ1) is 20.7. The molecule has 9 heteroatoms. The van der Waals surface area contributed by atoms with Gasteiger partial charge in [0.25, 0.3) is 0 Å². The molecule has 0 N–H and O–H groups in total. The summed E-state index contributed by atoms with van der Waals surface area (Å²) in [5, 5.41) is 4.68. The molecule has 1 aromatic carbocycles. The van der Waals surface area contributed by atoms with Crippen molar-refractivity contribution in [2.24, 2.45) is 0 Å². The van der Waals surface area contributed by atoms with Gasteiger partial charge in [0.1, 0.15) is 12.4 Å². The number of carbonyl (C=O) groups excluding carboxylic acids is 1. The zero-order chi connectivity index (χ0) is 22.6. The van der Waals surface area contributed by atoms with E-state index < -0.39 is 5.82 Å². The van der Waals surface area contributed by atoms with Gasteiger partial charge >= 0.3 is 0 Å². The maximum atomic E-state index is 13.4. The van der Waals surface area contributed by atoms with E-state index in [1.54, 1.807) is 29.2 Å². The molecule has 4 aromatic rings. The highest BCUT2D eigenvalue weighted by molar-refractivity contribution is 5.77. The molecule has 4 heterocycles. The van der Waals surface area contributed by atoms with E-state index in [4.69, 9.17) is 0 Å². The summed E-state index contributed by atoms with van der Waals surface area (Å²) in [6.07, 6.45) is 4.60. The van der Waals surface area contributed by atoms with Crippen molar-refractivity contribution in [1.29, 1.82) is 0 Å². The van der Waals surface area contributed by atoms with Gasteiger partial charge in [-0.05, 0) is 24.3 Å². The number of benzene rings is 1. The minimum absolute atomic E-state index is 0.0327. The average Bonchev–Trinajstić information content (AvgIpc) is 3.29. The first-order valence-electron chi connectivity index (χ1n) is 10.7. The molecule has 3 aromatic heterocycles. The number of piperazine rings is 1. The normalized spacial score (nSPS) is 13.8. The molecule has 0 radical (unpaired) electrons. The van der Waals surface area contributed by atoms with Gasteiger partial charge in [-0.15, -0.1) is 0 Å². The van der Waals surface area contributed by atoms with E-state index in [2.05, 4.69) is 25.0 Å². The van der Waals surface area contributed by atoms with Crippen LogP contribution in [0.5, 0.6) is 0 Å². The predicted molar refractivity (Wildman–Crippen MR) is 122 cm³/mol. The van der Waals surface area contributed by atoms with Crippen LogP contribution in [0.4, 0.5) is 10.3 Å². The lowest BCUT2D eigenvalue weighted by Gasteiger charge is -2.34. The third-order valence-corrected chi connectivity index (χ3v) is 5.59. The summed E-state index contributed by atoms with van der Waals surface area (Å²) in [5.74, 6) is 0.230. The zero-order valence-corrected chi connectivity index (χ0v) is 17.9. The summed E-state index contributed by atoms with van der Waals surface area (Å²) < 4.78 is 15.1. The van der Waals surface area contributed by atoms with Crippen molar-refractivity contribution in [2.75, 3.05) is 31.1 Å². The summed E-state index contributed by atoms with van der Waals surface area (Å²) in [7, 11) is 0. The van der Waals surface area contributed by atoms with Gasteiger partial charge in [0, 0.05) is 44.1 Å². The molecule has 0 spiro atoms. The van der Waals surface area contributed by atoms with Crippen molar-refractivity contribution in [1.82, 2.24) is 29.6 Å². The van der Waals surface area contributed by atoms with Crippen molar-refractivity contribution in [3.63, 3.8) is 0 Å². The summed E-state index contributed by atoms with van der Waals surface area (Å²) in [5.41, 5.74) is 2.89. The monoisotopic (exact) mass is 443 g/mol. The minimum atomic E-state index is -0.413. The summed E-state index contributed by atoms with van der Waals surface area (Å²) >= 11 is 0. The van der Waals surface area contributed by atoms with E-state index in [0.717, 1.165) is 11.3 Å². The average molecular weight is 443 g/mol. The Bertz CT molecular complexity index is 1220. The second-order valence-electron chi connectivity index (χ2n) is 7.72. The maximum Gasteiger partial charge on any atom is 0.244 e. The Kier molecular flexibility index (Phi) is 5.75. The number of halogens is 1. The number of anilines is 1. The van der Waals surface area contributed by atoms with Crippen LogP contribution < -0.4 is 4.90 Å². The predicted octanol–water partition coefficient (Wildman–Crippen LogP) is 2.89.